The fourth-order valence-electron chi connectivity index (χ4n) is 4.86. The van der Waals surface area contributed by atoms with Crippen LogP contribution in [0.3, 0.4) is 0 Å². The van der Waals surface area contributed by atoms with Crippen LogP contribution in [0.4, 0.5) is 4.79 Å². The highest BCUT2D eigenvalue weighted by Gasteiger charge is 2.42. The zero-order valence-electron chi connectivity index (χ0n) is 22.0. The average molecular weight is 550 g/mol. The van der Waals surface area contributed by atoms with Crippen LogP contribution in [-0.2, 0) is 11.2 Å². The van der Waals surface area contributed by atoms with Gasteiger partial charge in [0.05, 0.1) is 16.3 Å². The number of ketones is 1. The molecular weight excluding hydrogens is 514 g/mol. The van der Waals surface area contributed by atoms with Crippen molar-refractivity contribution in [1.29, 1.82) is 0 Å². The molecule has 0 radical (unpaired) electrons. The van der Waals surface area contributed by atoms with E-state index in [-0.39, 0.29) is 36.4 Å². The van der Waals surface area contributed by atoms with E-state index in [0.29, 0.717) is 18.5 Å². The molecule has 0 saturated carbocycles. The Morgan fingerprint density at radius 3 is 2.51 bits per heavy atom. The number of hydrogen-bond donors (Lipinski definition) is 3. The van der Waals surface area contributed by atoms with Gasteiger partial charge >= 0.3 is 6.03 Å². The second-order valence-corrected chi connectivity index (χ2v) is 10.8. The number of rotatable bonds is 10. The van der Waals surface area contributed by atoms with Crippen molar-refractivity contribution >= 4 is 45.2 Å². The number of thiazole rings is 1. The number of imide groups is 1. The van der Waals surface area contributed by atoms with Gasteiger partial charge in [-0.25, -0.2) is 9.78 Å². The molecule has 4 rings (SSSR count). The molecule has 10 nitrogen and oxygen atoms in total. The molecule has 2 aromatic carbocycles. The molecule has 1 fully saturated rings. The largest absolute Gasteiger partial charge is 0.370 e. The molecule has 1 saturated heterocycles. The maximum Gasteiger partial charge on any atom is 0.327 e. The van der Waals surface area contributed by atoms with Crippen LogP contribution in [0.1, 0.15) is 48.0 Å². The predicted molar refractivity (Wildman–Crippen MR) is 153 cm³/mol. The summed E-state index contributed by atoms with van der Waals surface area (Å²) < 4.78 is 0.846. The molecule has 1 aliphatic heterocycles. The summed E-state index contributed by atoms with van der Waals surface area (Å²) >= 11 is 1.24. The first-order chi connectivity index (χ1) is 18.8. The van der Waals surface area contributed by atoms with Crippen LogP contribution in [0.2, 0.25) is 0 Å². The Bertz CT molecular complexity index is 1310. The maximum atomic E-state index is 14.0. The molecular formula is C28H35N7O3S. The van der Waals surface area contributed by atoms with Gasteiger partial charge in [0.25, 0.3) is 0 Å². The zero-order chi connectivity index (χ0) is 27.9. The van der Waals surface area contributed by atoms with Gasteiger partial charge in [0.2, 0.25) is 11.7 Å². The number of carbonyl (C=O) groups excluding carboxylic acids is 3. The molecule has 0 bridgehead atoms. The Morgan fingerprint density at radius 1 is 1.13 bits per heavy atom. The lowest BCUT2D eigenvalue weighted by Gasteiger charge is -2.35. The van der Waals surface area contributed by atoms with Crippen molar-refractivity contribution in [3.8, 4) is 0 Å². The van der Waals surface area contributed by atoms with Crippen LogP contribution in [0.5, 0.6) is 0 Å². The summed E-state index contributed by atoms with van der Waals surface area (Å²) in [5.41, 5.74) is 18.9. The van der Waals surface area contributed by atoms with Crippen molar-refractivity contribution in [3.05, 3.63) is 65.2 Å². The van der Waals surface area contributed by atoms with Crippen LogP contribution >= 0.6 is 11.3 Å². The van der Waals surface area contributed by atoms with Gasteiger partial charge in [0, 0.05) is 19.1 Å². The minimum Gasteiger partial charge on any atom is -0.370 e. The second-order valence-electron chi connectivity index (χ2n) is 9.79. The molecule has 3 amide bonds. The molecule has 0 spiro atoms. The van der Waals surface area contributed by atoms with Gasteiger partial charge in [-0.2, -0.15) is 0 Å². The molecule has 3 atom stereocenters. The van der Waals surface area contributed by atoms with Crippen molar-refractivity contribution in [2.24, 2.45) is 22.2 Å². The zero-order valence-corrected chi connectivity index (χ0v) is 22.8. The number of benzene rings is 2. The maximum absolute atomic E-state index is 14.0. The number of hydrogen-bond acceptors (Lipinski definition) is 7. The topological polar surface area (TPSA) is 161 Å². The van der Waals surface area contributed by atoms with Gasteiger partial charge in [0.1, 0.15) is 6.04 Å². The monoisotopic (exact) mass is 549 g/mol. The highest BCUT2D eigenvalue weighted by atomic mass is 32.1. The number of likely N-dealkylation sites (tertiary alicyclic amines) is 1. The first-order valence-electron chi connectivity index (χ1n) is 13.1. The molecule has 0 aliphatic carbocycles. The minimum atomic E-state index is -1.10. The standard InChI is InChI=1S/C28H35N7O3S/c1-18-9-8-16-34(18)28(38)35(26(37)20(29)17-19-10-3-2-4-11-19)22(13-7-15-32-27(30)31)24(36)25-33-21-12-5-6-14-23(21)39-25/h2-6,10-12,14,18,20,22H,7-9,13,15-17,29H2,1H3,(H4,30,31,32)/t18-,20-,22?/m1/s1. The molecule has 39 heavy (non-hydrogen) atoms. The fourth-order valence-corrected chi connectivity index (χ4v) is 5.82. The van der Waals surface area contributed by atoms with Crippen molar-refractivity contribution in [1.82, 2.24) is 14.8 Å². The third-order valence-electron chi connectivity index (χ3n) is 6.91. The Hall–Kier alpha value is -3.83. The number of fused-ring (bicyclic) bond motifs is 1. The highest BCUT2D eigenvalue weighted by molar-refractivity contribution is 7.20. The number of urea groups is 1. The number of guanidine groups is 1. The van der Waals surface area contributed by atoms with Crippen molar-refractivity contribution in [2.75, 3.05) is 13.1 Å². The van der Waals surface area contributed by atoms with Gasteiger partial charge in [0.15, 0.2) is 11.0 Å². The lowest BCUT2D eigenvalue weighted by Crippen LogP contribution is -2.58. The van der Waals surface area contributed by atoms with Crippen molar-refractivity contribution < 1.29 is 14.4 Å². The number of amides is 3. The van der Waals surface area contributed by atoms with Gasteiger partial charge in [-0.05, 0) is 56.7 Å². The van der Waals surface area contributed by atoms with Gasteiger partial charge in [-0.3, -0.25) is 19.5 Å². The minimum absolute atomic E-state index is 0.0574. The van der Waals surface area contributed by atoms with E-state index in [2.05, 4.69) is 9.98 Å². The molecule has 1 aromatic heterocycles. The van der Waals surface area contributed by atoms with Crippen LogP contribution < -0.4 is 17.2 Å². The van der Waals surface area contributed by atoms with E-state index in [1.165, 1.54) is 11.3 Å². The summed E-state index contributed by atoms with van der Waals surface area (Å²) in [6.07, 6.45) is 2.43. The Kier molecular flexibility index (Phi) is 9.26. The van der Waals surface area contributed by atoms with Crippen molar-refractivity contribution in [2.45, 2.75) is 57.2 Å². The molecule has 11 heteroatoms. The van der Waals surface area contributed by atoms with Gasteiger partial charge in [-0.15, -0.1) is 11.3 Å². The van der Waals surface area contributed by atoms with Crippen LogP contribution in [0.15, 0.2) is 59.6 Å². The van der Waals surface area contributed by atoms with Crippen LogP contribution in [-0.4, -0.2) is 69.7 Å². The van der Waals surface area contributed by atoms with Crippen LogP contribution in [0.25, 0.3) is 10.2 Å². The van der Waals surface area contributed by atoms with E-state index in [4.69, 9.17) is 17.2 Å². The lowest BCUT2D eigenvalue weighted by molar-refractivity contribution is -0.131. The van der Waals surface area contributed by atoms with E-state index in [1.54, 1.807) is 4.90 Å². The number of aromatic nitrogens is 1. The molecule has 1 unspecified atom stereocenters. The first kappa shape index (κ1) is 28.2. The van der Waals surface area contributed by atoms with Gasteiger partial charge < -0.3 is 22.1 Å². The first-order valence-corrected chi connectivity index (χ1v) is 14.0. The molecule has 206 valence electrons. The molecule has 2 heterocycles. The third-order valence-corrected chi connectivity index (χ3v) is 7.96. The average Bonchev–Trinajstić information content (AvgIpc) is 3.56. The predicted octanol–water partition coefficient (Wildman–Crippen LogP) is 2.90. The SMILES string of the molecule is C[C@@H]1CCCN1C(=O)N(C(=O)[C@H](N)Cc1ccccc1)C(CCCN=C(N)N)C(=O)c1nc2ccccc2s1. The number of carbonyl (C=O) groups is 3. The van der Waals surface area contributed by atoms with E-state index >= 15 is 0 Å². The van der Waals surface area contributed by atoms with E-state index in [0.717, 1.165) is 28.0 Å². The highest BCUT2D eigenvalue weighted by Crippen LogP contribution is 2.27. The number of para-hydroxylation sites is 1. The summed E-state index contributed by atoms with van der Waals surface area (Å²) in [6.45, 7) is 2.70. The Morgan fingerprint density at radius 2 is 1.85 bits per heavy atom. The summed E-state index contributed by atoms with van der Waals surface area (Å²) in [7, 11) is 0. The van der Waals surface area contributed by atoms with Gasteiger partial charge in [-0.1, -0.05) is 42.5 Å². The van der Waals surface area contributed by atoms with Crippen LogP contribution in [0, 0.1) is 0 Å². The number of nitrogens with zero attached hydrogens (tertiary/aromatic N) is 4. The molecule has 6 N–H and O–H groups in total. The second kappa shape index (κ2) is 12.8. The Balaban J connectivity index is 1.71. The summed E-state index contributed by atoms with van der Waals surface area (Å²) in [6, 6.07) is 14.1. The molecule has 1 aliphatic rings. The third kappa shape index (κ3) is 6.79. The number of nitrogens with two attached hydrogens (primary N) is 3. The Labute approximate surface area is 231 Å². The van der Waals surface area contributed by atoms with Crippen molar-refractivity contribution in [3.63, 3.8) is 0 Å². The summed E-state index contributed by atoms with van der Waals surface area (Å²) in [4.78, 5) is 53.2. The van der Waals surface area contributed by atoms with E-state index in [9.17, 15) is 14.4 Å². The fraction of sp³-hybridized carbons (Fsp3) is 0.393. The summed E-state index contributed by atoms with van der Waals surface area (Å²) in [5.74, 6) is -1.06. The number of aliphatic imine (C=N–C) groups is 1. The smallest absolute Gasteiger partial charge is 0.327 e. The summed E-state index contributed by atoms with van der Waals surface area (Å²) in [5, 5.41) is 0.236. The molecule has 3 aromatic rings. The quantitative estimate of drug-likeness (QED) is 0.152. The van der Waals surface area contributed by atoms with E-state index < -0.39 is 29.8 Å². The normalized spacial score (nSPS) is 16.6. The van der Waals surface area contributed by atoms with E-state index in [1.807, 2.05) is 61.5 Å². The number of Topliss-reactive ketones (excluding diaryl/α,β-unsaturated/α-hetero) is 1. The lowest BCUT2D eigenvalue weighted by atomic mass is 10.0.